The van der Waals surface area contributed by atoms with E-state index in [1.165, 1.54) is 4.91 Å². The maximum absolute atomic E-state index is 12.1. The molecule has 0 bridgehead atoms. The number of carbonyl (C=O) groups is 1. The summed E-state index contributed by atoms with van der Waals surface area (Å²) in [4.78, 5) is 16.2. The summed E-state index contributed by atoms with van der Waals surface area (Å²) in [7, 11) is 0. The number of hydrogen-bond acceptors (Lipinski definition) is 5. The number of nitrogens with zero attached hydrogens (tertiary/aromatic N) is 1. The molecule has 22 heavy (non-hydrogen) atoms. The van der Waals surface area contributed by atoms with E-state index in [1.807, 2.05) is 31.2 Å². The van der Waals surface area contributed by atoms with Crippen molar-refractivity contribution in [2.24, 2.45) is 0 Å². The van der Waals surface area contributed by atoms with Gasteiger partial charge in [0.2, 0.25) is 0 Å². The molecule has 3 nitrogen and oxygen atoms in total. The van der Waals surface area contributed by atoms with Crippen LogP contribution in [0.25, 0.3) is 0 Å². The van der Waals surface area contributed by atoms with E-state index < -0.39 is 0 Å². The molecule has 2 aliphatic heterocycles. The molecule has 0 spiro atoms. The highest BCUT2D eigenvalue weighted by Gasteiger charge is 2.30. The van der Waals surface area contributed by atoms with Crippen molar-refractivity contribution in [3.63, 3.8) is 0 Å². The summed E-state index contributed by atoms with van der Waals surface area (Å²) < 4.78 is 5.16. The second-order valence-corrected chi connectivity index (χ2v) is 7.49. The predicted octanol–water partition coefficient (Wildman–Crippen LogP) is 4.25. The fraction of sp³-hybridized carbons (Fsp3) is 0.312. The van der Waals surface area contributed by atoms with Crippen LogP contribution in [-0.2, 0) is 16.0 Å². The molecule has 2 aliphatic rings. The number of carbonyl (C=O) groups excluding carboxylic acids is 1. The van der Waals surface area contributed by atoms with E-state index in [9.17, 15) is 4.79 Å². The van der Waals surface area contributed by atoms with Crippen LogP contribution in [0.5, 0.6) is 0 Å². The number of thioether (sulfide) groups is 2. The molecule has 3 rings (SSSR count). The Labute approximate surface area is 143 Å². The smallest absolute Gasteiger partial charge is 0.347 e. The van der Waals surface area contributed by atoms with Crippen LogP contribution >= 0.6 is 35.1 Å². The molecule has 0 atom stereocenters. The normalized spacial score (nSPS) is 17.4. The molecular weight excluding hydrogens is 338 g/mol. The van der Waals surface area contributed by atoms with Crippen molar-refractivity contribution in [1.82, 2.24) is 4.90 Å². The molecule has 0 amide bonds. The molecule has 1 aromatic carbocycles. The monoisotopic (exact) mass is 353 g/mol. The van der Waals surface area contributed by atoms with Crippen molar-refractivity contribution in [2.75, 3.05) is 18.9 Å². The lowest BCUT2D eigenvalue weighted by Crippen LogP contribution is -2.23. The average molecular weight is 354 g/mol. The summed E-state index contributed by atoms with van der Waals surface area (Å²) in [6, 6.07) is 7.87. The van der Waals surface area contributed by atoms with Gasteiger partial charge in [-0.3, -0.25) is 0 Å². The Morgan fingerprint density at radius 3 is 3.00 bits per heavy atom. The maximum Gasteiger partial charge on any atom is 0.347 e. The van der Waals surface area contributed by atoms with Gasteiger partial charge in [0, 0.05) is 34.8 Å². The third kappa shape index (κ3) is 3.31. The minimum atomic E-state index is -0.216. The number of halogens is 1. The number of benzene rings is 1. The fourth-order valence-electron chi connectivity index (χ4n) is 2.35. The quantitative estimate of drug-likeness (QED) is 0.755. The van der Waals surface area contributed by atoms with Crippen LogP contribution in [0.3, 0.4) is 0 Å². The third-order valence-corrected chi connectivity index (χ3v) is 6.02. The highest BCUT2D eigenvalue weighted by Crippen LogP contribution is 2.45. The number of rotatable bonds is 4. The lowest BCUT2D eigenvalue weighted by Gasteiger charge is -2.24. The fourth-order valence-corrected chi connectivity index (χ4v) is 4.85. The third-order valence-electron chi connectivity index (χ3n) is 3.34. The number of ether oxygens (including phenoxy) is 1. The second kappa shape index (κ2) is 7.02. The maximum atomic E-state index is 12.1. The average Bonchev–Trinajstić information content (AvgIpc) is 2.92. The molecule has 0 radical (unpaired) electrons. The Morgan fingerprint density at radius 2 is 2.23 bits per heavy atom. The van der Waals surface area contributed by atoms with Gasteiger partial charge in [0.05, 0.1) is 6.61 Å². The van der Waals surface area contributed by atoms with E-state index in [0.29, 0.717) is 6.61 Å². The van der Waals surface area contributed by atoms with Gasteiger partial charge in [-0.2, -0.15) is 0 Å². The highest BCUT2D eigenvalue weighted by atomic mass is 35.5. The van der Waals surface area contributed by atoms with E-state index in [-0.39, 0.29) is 5.97 Å². The first-order valence-electron chi connectivity index (χ1n) is 7.12. The Hall–Kier alpha value is -1.04. The van der Waals surface area contributed by atoms with Crippen LogP contribution in [0.15, 0.2) is 45.3 Å². The number of fused-ring (bicyclic) bond motifs is 1. The molecule has 116 valence electrons. The van der Waals surface area contributed by atoms with Crippen molar-refractivity contribution >= 4 is 41.1 Å². The summed E-state index contributed by atoms with van der Waals surface area (Å²) in [5, 5.41) is 1.78. The van der Waals surface area contributed by atoms with Gasteiger partial charge < -0.3 is 9.64 Å². The van der Waals surface area contributed by atoms with Crippen LogP contribution in [0.2, 0.25) is 5.02 Å². The van der Waals surface area contributed by atoms with Crippen molar-refractivity contribution in [1.29, 1.82) is 0 Å². The number of esters is 1. The minimum Gasteiger partial charge on any atom is -0.462 e. The largest absolute Gasteiger partial charge is 0.462 e. The second-order valence-electron chi connectivity index (χ2n) is 4.86. The molecule has 0 fully saturated rings. The molecule has 0 aromatic heterocycles. The molecule has 1 aromatic rings. The Kier molecular flexibility index (Phi) is 5.06. The highest BCUT2D eigenvalue weighted by molar-refractivity contribution is 8.09. The first-order valence-corrected chi connectivity index (χ1v) is 9.30. The zero-order valence-electron chi connectivity index (χ0n) is 12.2. The topological polar surface area (TPSA) is 29.5 Å². The zero-order chi connectivity index (χ0) is 15.5. The van der Waals surface area contributed by atoms with Gasteiger partial charge in [-0.05, 0) is 18.6 Å². The molecule has 0 saturated carbocycles. The summed E-state index contributed by atoms with van der Waals surface area (Å²) in [5.74, 6) is 0.681. The van der Waals surface area contributed by atoms with Gasteiger partial charge >= 0.3 is 5.97 Å². The van der Waals surface area contributed by atoms with Gasteiger partial charge in [-0.1, -0.05) is 41.6 Å². The molecule has 0 saturated heterocycles. The molecule has 2 heterocycles. The lowest BCUT2D eigenvalue weighted by molar-refractivity contribution is -0.137. The van der Waals surface area contributed by atoms with E-state index >= 15 is 0 Å². The van der Waals surface area contributed by atoms with E-state index in [1.54, 1.807) is 23.5 Å². The minimum absolute atomic E-state index is 0.216. The van der Waals surface area contributed by atoms with Gasteiger partial charge in [-0.25, -0.2) is 4.79 Å². The van der Waals surface area contributed by atoms with Gasteiger partial charge in [-0.15, -0.1) is 11.8 Å². The molecule has 0 N–H and O–H groups in total. The van der Waals surface area contributed by atoms with Crippen LogP contribution in [0, 0.1) is 0 Å². The summed E-state index contributed by atoms with van der Waals surface area (Å²) in [5.41, 5.74) is 1.11. The SMILES string of the molecule is CCOC(=O)C1=C2SC(Cc3ccccc3Cl)=CN2CCS1. The lowest BCUT2D eigenvalue weighted by atomic mass is 10.1. The first-order chi connectivity index (χ1) is 10.7. The predicted molar refractivity (Wildman–Crippen MR) is 93.7 cm³/mol. The molecule has 0 unspecified atom stereocenters. The zero-order valence-corrected chi connectivity index (χ0v) is 14.6. The summed E-state index contributed by atoms with van der Waals surface area (Å²) >= 11 is 9.46. The standard InChI is InChI=1S/C16H16ClNO2S2/c1-2-20-16(19)14-15-18(7-8-21-14)10-12(22-15)9-11-5-3-4-6-13(11)17/h3-6,10H,2,7-9H2,1H3. The van der Waals surface area contributed by atoms with Crippen molar-refractivity contribution in [2.45, 2.75) is 13.3 Å². The number of allylic oxidation sites excluding steroid dienone is 1. The van der Waals surface area contributed by atoms with Crippen LogP contribution < -0.4 is 0 Å². The molecule has 0 aliphatic carbocycles. The van der Waals surface area contributed by atoms with Crippen LogP contribution in [0.1, 0.15) is 12.5 Å². The van der Waals surface area contributed by atoms with Crippen molar-refractivity contribution < 1.29 is 9.53 Å². The molecular formula is C16H16ClNO2S2. The van der Waals surface area contributed by atoms with Crippen molar-refractivity contribution in [3.8, 4) is 0 Å². The van der Waals surface area contributed by atoms with E-state index in [4.69, 9.17) is 16.3 Å². The Morgan fingerprint density at radius 1 is 1.41 bits per heavy atom. The van der Waals surface area contributed by atoms with Gasteiger partial charge in [0.25, 0.3) is 0 Å². The summed E-state index contributed by atoms with van der Waals surface area (Å²) in [6.45, 7) is 3.15. The number of hydrogen-bond donors (Lipinski definition) is 0. The van der Waals surface area contributed by atoms with Crippen LogP contribution in [0.4, 0.5) is 0 Å². The van der Waals surface area contributed by atoms with Crippen LogP contribution in [-0.4, -0.2) is 29.8 Å². The Balaban J connectivity index is 1.80. The van der Waals surface area contributed by atoms with Crippen molar-refractivity contribution in [3.05, 3.63) is 55.9 Å². The summed E-state index contributed by atoms with van der Waals surface area (Å²) in [6.07, 6.45) is 2.91. The molecule has 6 heteroatoms. The van der Waals surface area contributed by atoms with Gasteiger partial charge in [0.15, 0.2) is 0 Å². The first kappa shape index (κ1) is 15.8. The Bertz CT molecular complexity index is 657. The van der Waals surface area contributed by atoms with E-state index in [0.717, 1.165) is 39.2 Å². The van der Waals surface area contributed by atoms with Gasteiger partial charge in [0.1, 0.15) is 9.93 Å². The van der Waals surface area contributed by atoms with E-state index in [2.05, 4.69) is 11.1 Å².